The number of rotatable bonds is 2. The van der Waals surface area contributed by atoms with E-state index in [1.165, 1.54) is 38.8 Å². The third-order valence-corrected chi connectivity index (χ3v) is 4.00. The molecule has 1 N–H and O–H groups in total. The summed E-state index contributed by atoms with van der Waals surface area (Å²) >= 11 is 0. The van der Waals surface area contributed by atoms with Crippen LogP contribution in [0.2, 0.25) is 0 Å². The van der Waals surface area contributed by atoms with E-state index in [2.05, 4.69) is 11.8 Å². The molecule has 14 heavy (non-hydrogen) atoms. The van der Waals surface area contributed by atoms with Gasteiger partial charge in [-0.3, -0.25) is 0 Å². The molecule has 1 aliphatic heterocycles. The molecule has 0 aromatic heterocycles. The summed E-state index contributed by atoms with van der Waals surface area (Å²) in [4.78, 5) is 2.64. The number of hydrogen-bond acceptors (Lipinski definition) is 2. The second kappa shape index (κ2) is 4.63. The summed E-state index contributed by atoms with van der Waals surface area (Å²) in [5, 5.41) is 9.43. The van der Waals surface area contributed by atoms with Gasteiger partial charge in [0.05, 0.1) is 6.10 Å². The molecular formula is C12H23NO. The van der Waals surface area contributed by atoms with Gasteiger partial charge in [0.25, 0.3) is 0 Å². The Morgan fingerprint density at radius 2 is 1.86 bits per heavy atom. The van der Waals surface area contributed by atoms with Gasteiger partial charge in [0.1, 0.15) is 0 Å². The van der Waals surface area contributed by atoms with Gasteiger partial charge < -0.3 is 10.0 Å². The Bertz CT molecular complexity index is 175. The molecule has 2 aliphatic rings. The lowest BCUT2D eigenvalue weighted by Crippen LogP contribution is -2.34. The molecule has 0 amide bonds. The van der Waals surface area contributed by atoms with Gasteiger partial charge >= 0.3 is 0 Å². The molecule has 0 spiro atoms. The molecule has 1 saturated heterocycles. The highest BCUT2D eigenvalue weighted by atomic mass is 16.3. The molecule has 82 valence electrons. The van der Waals surface area contributed by atoms with Gasteiger partial charge in [-0.15, -0.1) is 0 Å². The standard InChI is InChI=1S/C12H23NO/c1-10-3-2-8-13(10)9-11-4-6-12(14)7-5-11/h10-12,14H,2-9H2,1H3. The molecule has 1 aliphatic carbocycles. The van der Waals surface area contributed by atoms with Crippen LogP contribution < -0.4 is 0 Å². The Morgan fingerprint density at radius 3 is 2.43 bits per heavy atom. The zero-order valence-electron chi connectivity index (χ0n) is 9.28. The normalized spacial score (nSPS) is 40.3. The molecule has 2 rings (SSSR count). The predicted octanol–water partition coefficient (Wildman–Crippen LogP) is 2.02. The smallest absolute Gasteiger partial charge is 0.0540 e. The van der Waals surface area contributed by atoms with Crippen molar-refractivity contribution in [2.45, 2.75) is 57.6 Å². The summed E-state index contributed by atoms with van der Waals surface area (Å²) in [7, 11) is 0. The minimum Gasteiger partial charge on any atom is -0.393 e. The van der Waals surface area contributed by atoms with Gasteiger partial charge in [-0.2, -0.15) is 0 Å². The van der Waals surface area contributed by atoms with Crippen LogP contribution in [0.5, 0.6) is 0 Å². The summed E-state index contributed by atoms with van der Waals surface area (Å²) in [5.74, 6) is 0.860. The van der Waals surface area contributed by atoms with Crippen LogP contribution in [-0.4, -0.2) is 35.2 Å². The minimum atomic E-state index is 0.00208. The summed E-state index contributed by atoms with van der Waals surface area (Å²) in [6, 6.07) is 0.807. The highest BCUT2D eigenvalue weighted by Crippen LogP contribution is 2.27. The maximum atomic E-state index is 9.43. The average Bonchev–Trinajstić information content (AvgIpc) is 2.56. The third-order valence-electron chi connectivity index (χ3n) is 4.00. The van der Waals surface area contributed by atoms with Gasteiger partial charge in [-0.05, 0) is 57.9 Å². The fraction of sp³-hybridized carbons (Fsp3) is 1.00. The molecule has 1 unspecified atom stereocenters. The van der Waals surface area contributed by atoms with Gasteiger partial charge in [-0.1, -0.05) is 0 Å². The third kappa shape index (κ3) is 2.48. The molecular weight excluding hydrogens is 174 g/mol. The van der Waals surface area contributed by atoms with E-state index in [-0.39, 0.29) is 6.10 Å². The van der Waals surface area contributed by atoms with Crippen molar-refractivity contribution in [1.82, 2.24) is 4.90 Å². The first kappa shape index (κ1) is 10.4. The van der Waals surface area contributed by atoms with Crippen molar-refractivity contribution in [3.8, 4) is 0 Å². The van der Waals surface area contributed by atoms with E-state index >= 15 is 0 Å². The Balaban J connectivity index is 1.74. The molecule has 1 atom stereocenters. The van der Waals surface area contributed by atoms with Crippen LogP contribution in [0, 0.1) is 5.92 Å². The molecule has 0 aromatic carbocycles. The summed E-state index contributed by atoms with van der Waals surface area (Å²) in [5.41, 5.74) is 0. The quantitative estimate of drug-likeness (QED) is 0.732. The van der Waals surface area contributed by atoms with Crippen LogP contribution in [-0.2, 0) is 0 Å². The lowest BCUT2D eigenvalue weighted by molar-refractivity contribution is 0.0927. The maximum Gasteiger partial charge on any atom is 0.0540 e. The molecule has 0 radical (unpaired) electrons. The Morgan fingerprint density at radius 1 is 1.14 bits per heavy atom. The number of aliphatic hydroxyl groups is 1. The van der Waals surface area contributed by atoms with Gasteiger partial charge in [-0.25, -0.2) is 0 Å². The lowest BCUT2D eigenvalue weighted by Gasteiger charge is -2.31. The second-order valence-corrected chi connectivity index (χ2v) is 5.16. The number of aliphatic hydroxyl groups excluding tert-OH is 1. The Labute approximate surface area is 87.3 Å². The maximum absolute atomic E-state index is 9.43. The molecule has 2 fully saturated rings. The van der Waals surface area contributed by atoms with E-state index in [1.807, 2.05) is 0 Å². The van der Waals surface area contributed by atoms with Crippen molar-refractivity contribution in [3.63, 3.8) is 0 Å². The van der Waals surface area contributed by atoms with Gasteiger partial charge in [0, 0.05) is 12.6 Å². The van der Waals surface area contributed by atoms with Crippen LogP contribution in [0.15, 0.2) is 0 Å². The molecule has 0 aromatic rings. The lowest BCUT2D eigenvalue weighted by atomic mass is 9.87. The highest BCUT2D eigenvalue weighted by Gasteiger charge is 2.25. The van der Waals surface area contributed by atoms with E-state index in [0.717, 1.165) is 24.8 Å². The van der Waals surface area contributed by atoms with Gasteiger partial charge in [0.15, 0.2) is 0 Å². The average molecular weight is 197 g/mol. The van der Waals surface area contributed by atoms with E-state index in [9.17, 15) is 5.11 Å². The number of likely N-dealkylation sites (tertiary alicyclic amines) is 1. The van der Waals surface area contributed by atoms with Crippen molar-refractivity contribution in [1.29, 1.82) is 0 Å². The minimum absolute atomic E-state index is 0.00208. The zero-order valence-corrected chi connectivity index (χ0v) is 9.28. The monoisotopic (exact) mass is 197 g/mol. The highest BCUT2D eigenvalue weighted by molar-refractivity contribution is 4.80. The number of hydrogen-bond donors (Lipinski definition) is 1. The number of nitrogens with zero attached hydrogens (tertiary/aromatic N) is 1. The topological polar surface area (TPSA) is 23.5 Å². The van der Waals surface area contributed by atoms with E-state index < -0.39 is 0 Å². The first-order valence-corrected chi connectivity index (χ1v) is 6.18. The zero-order chi connectivity index (χ0) is 9.97. The largest absolute Gasteiger partial charge is 0.393 e. The SMILES string of the molecule is CC1CCCN1CC1CCC(O)CC1. The van der Waals surface area contributed by atoms with Crippen molar-refractivity contribution in [2.75, 3.05) is 13.1 Å². The van der Waals surface area contributed by atoms with Crippen molar-refractivity contribution in [3.05, 3.63) is 0 Å². The molecule has 0 bridgehead atoms. The van der Waals surface area contributed by atoms with Crippen molar-refractivity contribution in [2.24, 2.45) is 5.92 Å². The van der Waals surface area contributed by atoms with Crippen molar-refractivity contribution < 1.29 is 5.11 Å². The summed E-state index contributed by atoms with van der Waals surface area (Å²) in [6.45, 7) is 4.94. The Hall–Kier alpha value is -0.0800. The van der Waals surface area contributed by atoms with E-state index in [1.54, 1.807) is 0 Å². The molecule has 1 heterocycles. The van der Waals surface area contributed by atoms with Gasteiger partial charge in [0.2, 0.25) is 0 Å². The first-order chi connectivity index (χ1) is 6.75. The van der Waals surface area contributed by atoms with Crippen LogP contribution in [0.4, 0.5) is 0 Å². The van der Waals surface area contributed by atoms with Crippen LogP contribution in [0.25, 0.3) is 0 Å². The molecule has 1 saturated carbocycles. The Kier molecular flexibility index (Phi) is 3.45. The first-order valence-electron chi connectivity index (χ1n) is 6.18. The molecule has 2 nitrogen and oxygen atoms in total. The fourth-order valence-corrected chi connectivity index (χ4v) is 2.92. The summed E-state index contributed by atoms with van der Waals surface area (Å²) in [6.07, 6.45) is 7.32. The van der Waals surface area contributed by atoms with Crippen LogP contribution in [0.1, 0.15) is 45.4 Å². The molecule has 2 heteroatoms. The van der Waals surface area contributed by atoms with Crippen molar-refractivity contribution >= 4 is 0 Å². The van der Waals surface area contributed by atoms with E-state index in [4.69, 9.17) is 0 Å². The van der Waals surface area contributed by atoms with Crippen LogP contribution >= 0.6 is 0 Å². The second-order valence-electron chi connectivity index (χ2n) is 5.16. The van der Waals surface area contributed by atoms with Crippen LogP contribution in [0.3, 0.4) is 0 Å². The van der Waals surface area contributed by atoms with E-state index in [0.29, 0.717) is 0 Å². The summed E-state index contributed by atoms with van der Waals surface area (Å²) < 4.78 is 0. The fourth-order valence-electron chi connectivity index (χ4n) is 2.92. The predicted molar refractivity (Wildman–Crippen MR) is 58.2 cm³/mol.